The molecule has 0 aliphatic carbocycles. The van der Waals surface area contributed by atoms with Gasteiger partial charge in [0.15, 0.2) is 0 Å². The van der Waals surface area contributed by atoms with Gasteiger partial charge in [0.1, 0.15) is 5.60 Å². The smallest absolute Gasteiger partial charge is 0.444 e. The molecule has 0 spiro atoms. The van der Waals surface area contributed by atoms with E-state index in [1.807, 2.05) is 39.8 Å². The van der Waals surface area contributed by atoms with Crippen LogP contribution in [0.2, 0.25) is 0 Å². The summed E-state index contributed by atoms with van der Waals surface area (Å²) >= 11 is 0. The van der Waals surface area contributed by atoms with E-state index in [1.165, 1.54) is 5.57 Å². The zero-order chi connectivity index (χ0) is 19.8. The topological polar surface area (TPSA) is 48.0 Å². The molecular formula is C21H30BNO4. The third-order valence-corrected chi connectivity index (χ3v) is 5.11. The predicted octanol–water partition coefficient (Wildman–Crippen LogP) is 3.62. The van der Waals surface area contributed by atoms with Crippen molar-refractivity contribution in [1.29, 1.82) is 0 Å². The molecular weight excluding hydrogens is 341 g/mol. The summed E-state index contributed by atoms with van der Waals surface area (Å²) in [6.07, 6.45) is 2.70. The second-order valence-electron chi connectivity index (χ2n) is 8.86. The first-order valence-electron chi connectivity index (χ1n) is 9.66. The lowest BCUT2D eigenvalue weighted by atomic mass is 9.77. The van der Waals surface area contributed by atoms with E-state index in [1.54, 1.807) is 4.90 Å². The van der Waals surface area contributed by atoms with E-state index in [9.17, 15) is 4.79 Å². The van der Waals surface area contributed by atoms with Gasteiger partial charge in [-0.05, 0) is 64.6 Å². The Bertz CT molecular complexity index is 738. The van der Waals surface area contributed by atoms with Crippen molar-refractivity contribution in [3.63, 3.8) is 0 Å². The van der Waals surface area contributed by atoms with Gasteiger partial charge in [-0.2, -0.15) is 0 Å². The largest absolute Gasteiger partial charge is 0.494 e. The van der Waals surface area contributed by atoms with E-state index in [0.717, 1.165) is 17.4 Å². The van der Waals surface area contributed by atoms with Crippen molar-refractivity contribution < 1.29 is 18.8 Å². The van der Waals surface area contributed by atoms with E-state index < -0.39 is 5.60 Å². The minimum absolute atomic E-state index is 0.0439. The zero-order valence-corrected chi connectivity index (χ0v) is 17.2. The van der Waals surface area contributed by atoms with Crippen molar-refractivity contribution in [3.05, 3.63) is 35.9 Å². The Labute approximate surface area is 162 Å². The highest BCUT2D eigenvalue weighted by Gasteiger charge is 2.43. The number of hydrogen-bond donors (Lipinski definition) is 0. The molecule has 2 heterocycles. The second kappa shape index (κ2) is 7.32. The molecule has 0 N–H and O–H groups in total. The summed E-state index contributed by atoms with van der Waals surface area (Å²) in [7, 11) is -0.336. The number of carbonyl (C=O) groups is 1. The molecule has 1 unspecified atom stereocenters. The van der Waals surface area contributed by atoms with Gasteiger partial charge in [0, 0.05) is 13.1 Å². The van der Waals surface area contributed by atoms with Crippen LogP contribution in [-0.2, 0) is 14.0 Å². The maximum absolute atomic E-state index is 12.2. The van der Waals surface area contributed by atoms with Gasteiger partial charge in [-0.25, -0.2) is 4.79 Å². The molecule has 27 heavy (non-hydrogen) atoms. The molecule has 1 fully saturated rings. The number of nitrogens with zero attached hydrogens (tertiary/aromatic N) is 1. The quantitative estimate of drug-likeness (QED) is 0.745. The number of amides is 1. The molecule has 1 atom stereocenters. The molecule has 2 aliphatic heterocycles. The first-order valence-corrected chi connectivity index (χ1v) is 9.66. The molecule has 6 heteroatoms. The summed E-state index contributed by atoms with van der Waals surface area (Å²) < 4.78 is 17.5. The maximum Gasteiger partial charge on any atom is 0.494 e. The van der Waals surface area contributed by atoms with Gasteiger partial charge < -0.3 is 18.9 Å². The minimum Gasteiger partial charge on any atom is -0.444 e. The first kappa shape index (κ1) is 20.0. The van der Waals surface area contributed by atoms with Crippen LogP contribution in [0.3, 0.4) is 0 Å². The van der Waals surface area contributed by atoms with Crippen molar-refractivity contribution in [2.24, 2.45) is 0 Å². The summed E-state index contributed by atoms with van der Waals surface area (Å²) in [5, 5.41) is 0. The summed E-state index contributed by atoms with van der Waals surface area (Å²) in [5.41, 5.74) is 2.66. The first-order chi connectivity index (χ1) is 12.5. The minimum atomic E-state index is -0.471. The molecule has 1 aromatic carbocycles. The summed E-state index contributed by atoms with van der Waals surface area (Å²) in [4.78, 5) is 14.0. The monoisotopic (exact) mass is 371 g/mol. The summed E-state index contributed by atoms with van der Waals surface area (Å²) in [6, 6.07) is 8.31. The lowest BCUT2D eigenvalue weighted by Crippen LogP contribution is -2.39. The number of benzene rings is 1. The van der Waals surface area contributed by atoms with Crippen LogP contribution in [-0.4, -0.2) is 48.5 Å². The predicted molar refractivity (Wildman–Crippen MR) is 108 cm³/mol. The Morgan fingerprint density at radius 1 is 1.33 bits per heavy atom. The van der Waals surface area contributed by atoms with Crippen LogP contribution in [0.5, 0.6) is 0 Å². The van der Waals surface area contributed by atoms with Gasteiger partial charge >= 0.3 is 13.2 Å². The lowest BCUT2D eigenvalue weighted by Gasteiger charge is -2.29. The molecule has 0 radical (unpaired) electrons. The van der Waals surface area contributed by atoms with Gasteiger partial charge in [-0.15, -0.1) is 0 Å². The molecule has 5 nitrogen and oxygen atoms in total. The average Bonchev–Trinajstić information content (AvgIpc) is 2.87. The Hall–Kier alpha value is -1.79. The van der Waals surface area contributed by atoms with Crippen LogP contribution in [0.4, 0.5) is 4.79 Å². The molecule has 146 valence electrons. The van der Waals surface area contributed by atoms with Gasteiger partial charge in [0.05, 0.1) is 11.7 Å². The number of carbonyl (C=O) groups excluding carboxylic acids is 1. The Balaban J connectivity index is 1.69. The van der Waals surface area contributed by atoms with E-state index in [4.69, 9.17) is 14.0 Å². The zero-order valence-electron chi connectivity index (χ0n) is 17.2. The van der Waals surface area contributed by atoms with Gasteiger partial charge in [0.25, 0.3) is 0 Å². The molecule has 0 bridgehead atoms. The van der Waals surface area contributed by atoms with Crippen LogP contribution in [0.25, 0.3) is 5.57 Å². The van der Waals surface area contributed by atoms with Crippen LogP contribution < -0.4 is 5.46 Å². The third-order valence-electron chi connectivity index (χ3n) is 5.11. The van der Waals surface area contributed by atoms with E-state index in [0.29, 0.717) is 13.1 Å². The fourth-order valence-corrected chi connectivity index (χ4v) is 3.20. The highest BCUT2D eigenvalue weighted by molar-refractivity contribution is 6.62. The van der Waals surface area contributed by atoms with E-state index in [2.05, 4.69) is 32.1 Å². The molecule has 0 aromatic heterocycles. The second-order valence-corrected chi connectivity index (χ2v) is 8.86. The lowest BCUT2D eigenvalue weighted by molar-refractivity contribution is 0.0270. The van der Waals surface area contributed by atoms with Crippen molar-refractivity contribution in [3.8, 4) is 0 Å². The van der Waals surface area contributed by atoms with E-state index >= 15 is 0 Å². The molecule has 1 aromatic rings. The highest BCUT2D eigenvalue weighted by Crippen LogP contribution is 2.28. The van der Waals surface area contributed by atoms with E-state index in [-0.39, 0.29) is 24.9 Å². The molecule has 3 rings (SSSR count). The van der Waals surface area contributed by atoms with Crippen LogP contribution >= 0.6 is 0 Å². The van der Waals surface area contributed by atoms with Gasteiger partial charge in [-0.1, -0.05) is 30.3 Å². The molecule has 1 saturated heterocycles. The Kier molecular flexibility index (Phi) is 5.41. The fraction of sp³-hybridized carbons (Fsp3) is 0.571. The number of ether oxygens (including phenoxy) is 1. The standard InChI is InChI=1S/C21H30BNO4/c1-15-21(5,6)27-22(26-15)18-9-7-8-17(14-18)16-10-12-23(13-11-16)19(24)25-20(2,3)4/h7-10,14-15H,11-13H2,1-6H3. The van der Waals surface area contributed by atoms with Crippen LogP contribution in [0, 0.1) is 0 Å². The molecule has 1 amide bonds. The summed E-state index contributed by atoms with van der Waals surface area (Å²) in [5.74, 6) is 0. The maximum atomic E-state index is 12.2. The van der Waals surface area contributed by atoms with Crippen molar-refractivity contribution in [2.45, 2.75) is 65.3 Å². The Morgan fingerprint density at radius 2 is 2.07 bits per heavy atom. The fourth-order valence-electron chi connectivity index (χ4n) is 3.20. The average molecular weight is 371 g/mol. The third kappa shape index (κ3) is 4.74. The van der Waals surface area contributed by atoms with Crippen molar-refractivity contribution in [1.82, 2.24) is 4.90 Å². The van der Waals surface area contributed by atoms with Crippen LogP contribution in [0.15, 0.2) is 30.3 Å². The van der Waals surface area contributed by atoms with Crippen LogP contribution in [0.1, 0.15) is 53.5 Å². The normalized spacial score (nSPS) is 22.6. The number of rotatable bonds is 2. The number of hydrogen-bond acceptors (Lipinski definition) is 4. The van der Waals surface area contributed by atoms with Crippen molar-refractivity contribution in [2.75, 3.05) is 13.1 Å². The summed E-state index contributed by atoms with van der Waals surface area (Å²) in [6.45, 7) is 13.0. The van der Waals surface area contributed by atoms with Gasteiger partial charge in [-0.3, -0.25) is 0 Å². The molecule has 2 aliphatic rings. The van der Waals surface area contributed by atoms with Gasteiger partial charge in [0.2, 0.25) is 0 Å². The molecule has 0 saturated carbocycles. The SMILES string of the molecule is CC1OB(c2cccc(C3=CCN(C(=O)OC(C)(C)C)CC3)c2)OC1(C)C. The van der Waals surface area contributed by atoms with Crippen molar-refractivity contribution >= 4 is 24.2 Å². The Morgan fingerprint density at radius 3 is 2.63 bits per heavy atom. The highest BCUT2D eigenvalue weighted by atomic mass is 16.7.